The van der Waals surface area contributed by atoms with E-state index in [0.29, 0.717) is 11.0 Å². The SMILES string of the molecule is O=C(Nc1ccc2cccc(O)c2n1)c1ccc2cccnc2c1O. The molecule has 0 radical (unpaired) electrons. The molecule has 1 amide bonds. The highest BCUT2D eigenvalue weighted by molar-refractivity contribution is 6.09. The summed E-state index contributed by atoms with van der Waals surface area (Å²) in [5.41, 5.74) is 0.856. The molecule has 0 spiro atoms. The molecule has 6 nitrogen and oxygen atoms in total. The number of hydrogen-bond donors (Lipinski definition) is 3. The third-order valence-electron chi connectivity index (χ3n) is 3.93. The molecule has 0 saturated heterocycles. The number of aromatic nitrogens is 2. The van der Waals surface area contributed by atoms with Gasteiger partial charge < -0.3 is 15.5 Å². The Bertz CT molecular complexity index is 1130. The number of nitrogens with zero attached hydrogens (tertiary/aromatic N) is 2. The molecule has 6 heteroatoms. The molecule has 2 aromatic carbocycles. The largest absolute Gasteiger partial charge is 0.506 e. The number of amides is 1. The summed E-state index contributed by atoms with van der Waals surface area (Å²) in [5, 5.41) is 24.4. The number of hydrogen-bond acceptors (Lipinski definition) is 5. The van der Waals surface area contributed by atoms with Gasteiger partial charge in [-0.15, -0.1) is 0 Å². The maximum atomic E-state index is 12.5. The van der Waals surface area contributed by atoms with Crippen LogP contribution in [0.5, 0.6) is 11.5 Å². The Morgan fingerprint density at radius 2 is 1.64 bits per heavy atom. The number of nitrogens with one attached hydrogen (secondary N) is 1. The molecule has 0 unspecified atom stereocenters. The number of anilines is 1. The number of carbonyl (C=O) groups excluding carboxylic acids is 1. The zero-order valence-corrected chi connectivity index (χ0v) is 13.0. The lowest BCUT2D eigenvalue weighted by atomic mass is 10.1. The molecule has 0 bridgehead atoms. The molecule has 122 valence electrons. The lowest BCUT2D eigenvalue weighted by Gasteiger charge is -2.09. The minimum absolute atomic E-state index is 0.0337. The van der Waals surface area contributed by atoms with Gasteiger partial charge >= 0.3 is 0 Å². The van der Waals surface area contributed by atoms with Crippen LogP contribution in [0, 0.1) is 0 Å². The number of benzene rings is 2. The Balaban J connectivity index is 1.70. The third kappa shape index (κ3) is 2.59. The summed E-state index contributed by atoms with van der Waals surface area (Å²) in [4.78, 5) is 20.9. The first-order valence-corrected chi connectivity index (χ1v) is 7.60. The quantitative estimate of drug-likeness (QED) is 0.523. The molecular weight excluding hydrogens is 318 g/mol. The summed E-state index contributed by atoms with van der Waals surface area (Å²) < 4.78 is 0. The molecule has 0 fully saturated rings. The van der Waals surface area contributed by atoms with Crippen LogP contribution in [0.15, 0.2) is 60.8 Å². The van der Waals surface area contributed by atoms with Crippen molar-refractivity contribution in [2.45, 2.75) is 0 Å². The highest BCUT2D eigenvalue weighted by atomic mass is 16.3. The van der Waals surface area contributed by atoms with Gasteiger partial charge in [0.2, 0.25) is 0 Å². The van der Waals surface area contributed by atoms with Crippen LogP contribution in [0.4, 0.5) is 5.82 Å². The van der Waals surface area contributed by atoms with Gasteiger partial charge in [-0.3, -0.25) is 9.78 Å². The third-order valence-corrected chi connectivity index (χ3v) is 3.93. The van der Waals surface area contributed by atoms with Gasteiger partial charge in [0, 0.05) is 17.0 Å². The predicted octanol–water partition coefficient (Wildman–Crippen LogP) is 3.45. The number of carbonyl (C=O) groups is 1. The fraction of sp³-hybridized carbons (Fsp3) is 0. The van der Waals surface area contributed by atoms with E-state index in [-0.39, 0.29) is 22.9 Å². The second kappa shape index (κ2) is 5.76. The van der Waals surface area contributed by atoms with Crippen molar-refractivity contribution in [3.05, 3.63) is 66.4 Å². The topological polar surface area (TPSA) is 95.3 Å². The molecule has 0 atom stereocenters. The molecular formula is C19H13N3O3. The molecule has 3 N–H and O–H groups in total. The van der Waals surface area contributed by atoms with Gasteiger partial charge in [0.25, 0.3) is 5.91 Å². The van der Waals surface area contributed by atoms with Crippen molar-refractivity contribution in [2.24, 2.45) is 0 Å². The van der Waals surface area contributed by atoms with E-state index >= 15 is 0 Å². The van der Waals surface area contributed by atoms with E-state index in [0.717, 1.165) is 10.8 Å². The smallest absolute Gasteiger partial charge is 0.260 e. The summed E-state index contributed by atoms with van der Waals surface area (Å²) in [5.74, 6) is -0.377. The summed E-state index contributed by atoms with van der Waals surface area (Å²) in [6, 6.07) is 15.3. The number of rotatable bonds is 2. The molecule has 0 aliphatic heterocycles. The Morgan fingerprint density at radius 1 is 0.880 bits per heavy atom. The first-order chi connectivity index (χ1) is 12.1. The molecule has 4 aromatic rings. The van der Waals surface area contributed by atoms with Crippen molar-refractivity contribution < 1.29 is 15.0 Å². The predicted molar refractivity (Wildman–Crippen MR) is 94.8 cm³/mol. The Hall–Kier alpha value is -3.67. The Labute approximate surface area is 142 Å². The molecule has 0 aliphatic rings. The van der Waals surface area contributed by atoms with E-state index in [1.165, 1.54) is 12.1 Å². The number of aromatic hydroxyl groups is 2. The van der Waals surface area contributed by atoms with Crippen LogP contribution in [0.1, 0.15) is 10.4 Å². The maximum Gasteiger partial charge on any atom is 0.260 e. The van der Waals surface area contributed by atoms with E-state index in [2.05, 4.69) is 15.3 Å². The summed E-state index contributed by atoms with van der Waals surface area (Å²) in [7, 11) is 0. The van der Waals surface area contributed by atoms with Crippen molar-refractivity contribution in [3.63, 3.8) is 0 Å². The van der Waals surface area contributed by atoms with Crippen LogP contribution in [-0.4, -0.2) is 26.1 Å². The van der Waals surface area contributed by atoms with Crippen molar-refractivity contribution in [1.29, 1.82) is 0 Å². The molecule has 0 saturated carbocycles. The molecule has 4 rings (SSSR count). The zero-order valence-electron chi connectivity index (χ0n) is 13.0. The van der Waals surface area contributed by atoms with Crippen LogP contribution >= 0.6 is 0 Å². The Morgan fingerprint density at radius 3 is 2.52 bits per heavy atom. The van der Waals surface area contributed by atoms with E-state index in [9.17, 15) is 15.0 Å². The van der Waals surface area contributed by atoms with Gasteiger partial charge in [-0.05, 0) is 30.3 Å². The number of pyridine rings is 2. The molecule has 2 aromatic heterocycles. The highest BCUT2D eigenvalue weighted by Crippen LogP contribution is 2.28. The normalized spacial score (nSPS) is 10.9. The molecule has 2 heterocycles. The average Bonchev–Trinajstić information content (AvgIpc) is 2.63. The summed E-state index contributed by atoms with van der Waals surface area (Å²) in [6.45, 7) is 0. The van der Waals surface area contributed by atoms with Crippen molar-refractivity contribution >= 4 is 33.5 Å². The fourth-order valence-electron chi connectivity index (χ4n) is 2.70. The van der Waals surface area contributed by atoms with E-state index in [1.54, 1.807) is 42.6 Å². The van der Waals surface area contributed by atoms with E-state index < -0.39 is 5.91 Å². The maximum absolute atomic E-state index is 12.5. The molecule has 25 heavy (non-hydrogen) atoms. The van der Waals surface area contributed by atoms with Crippen LogP contribution in [0.25, 0.3) is 21.8 Å². The lowest BCUT2D eigenvalue weighted by molar-refractivity contribution is 0.102. The minimum atomic E-state index is -0.507. The fourth-order valence-corrected chi connectivity index (χ4v) is 2.70. The van der Waals surface area contributed by atoms with Gasteiger partial charge in [0.15, 0.2) is 5.75 Å². The van der Waals surface area contributed by atoms with Crippen molar-refractivity contribution in [1.82, 2.24) is 9.97 Å². The zero-order chi connectivity index (χ0) is 17.4. The monoisotopic (exact) mass is 331 g/mol. The van der Waals surface area contributed by atoms with Gasteiger partial charge in [0.1, 0.15) is 22.6 Å². The van der Waals surface area contributed by atoms with E-state index in [4.69, 9.17) is 0 Å². The summed E-state index contributed by atoms with van der Waals surface area (Å²) in [6.07, 6.45) is 1.55. The van der Waals surface area contributed by atoms with E-state index in [1.807, 2.05) is 6.07 Å². The highest BCUT2D eigenvalue weighted by Gasteiger charge is 2.15. The molecule has 0 aliphatic carbocycles. The van der Waals surface area contributed by atoms with Crippen LogP contribution < -0.4 is 5.32 Å². The van der Waals surface area contributed by atoms with Gasteiger partial charge in [0.05, 0.1) is 5.56 Å². The van der Waals surface area contributed by atoms with Gasteiger partial charge in [-0.2, -0.15) is 0 Å². The van der Waals surface area contributed by atoms with Crippen molar-refractivity contribution in [3.8, 4) is 11.5 Å². The van der Waals surface area contributed by atoms with Gasteiger partial charge in [-0.25, -0.2) is 4.98 Å². The number of phenols is 2. The standard InChI is InChI=1S/C19H13N3O3/c23-14-5-1-3-11-7-9-15(21-16(11)14)22-19(25)13-8-6-12-4-2-10-20-17(12)18(13)24/h1-10,23-24H,(H,21,22,25). The first kappa shape index (κ1) is 14.9. The van der Waals surface area contributed by atoms with Crippen molar-refractivity contribution in [2.75, 3.05) is 5.32 Å². The van der Waals surface area contributed by atoms with Crippen LogP contribution in [0.2, 0.25) is 0 Å². The number of fused-ring (bicyclic) bond motifs is 2. The minimum Gasteiger partial charge on any atom is -0.506 e. The first-order valence-electron chi connectivity index (χ1n) is 7.60. The van der Waals surface area contributed by atoms with Crippen LogP contribution in [0.3, 0.4) is 0 Å². The average molecular weight is 331 g/mol. The second-order valence-electron chi connectivity index (χ2n) is 5.54. The number of phenolic OH excluding ortho intramolecular Hbond substituents is 2. The van der Waals surface area contributed by atoms with Gasteiger partial charge in [-0.1, -0.05) is 24.3 Å². The number of para-hydroxylation sites is 1. The summed E-state index contributed by atoms with van der Waals surface area (Å²) >= 11 is 0. The Kier molecular flexibility index (Phi) is 3.43. The second-order valence-corrected chi connectivity index (χ2v) is 5.54. The lowest BCUT2D eigenvalue weighted by Crippen LogP contribution is -2.13. The van der Waals surface area contributed by atoms with Crippen LogP contribution in [-0.2, 0) is 0 Å².